The first-order valence-corrected chi connectivity index (χ1v) is 1.12. The Morgan fingerprint density at radius 1 is 2.00 bits per heavy atom. The molecule has 0 spiro atoms. The molecule has 0 radical (unpaired) electrons. The van der Waals surface area contributed by atoms with Gasteiger partial charge in [-0.05, 0) is 6.54 Å². The van der Waals surface area contributed by atoms with Gasteiger partial charge in [0.15, 0.2) is 0 Å². The van der Waals surface area contributed by atoms with E-state index >= 15 is 0 Å². The van der Waals surface area contributed by atoms with Crippen molar-refractivity contribution in [3.63, 3.8) is 0 Å². The van der Waals surface area contributed by atoms with Gasteiger partial charge in [0, 0.05) is 0 Å². The molecule has 0 heterocycles. The number of rotatable bonds is 0. The minimum absolute atomic E-state index is 0. The van der Waals surface area contributed by atoms with Crippen LogP contribution < -0.4 is 18.1 Å². The van der Waals surface area contributed by atoms with E-state index in [1.165, 1.54) is 0 Å². The molecule has 0 aromatic carbocycles. The molecule has 1 nitrogen and oxygen atoms in total. The molecule has 0 bridgehead atoms. The van der Waals surface area contributed by atoms with Crippen LogP contribution in [-0.4, -0.2) is 6.54 Å². The van der Waals surface area contributed by atoms with Gasteiger partial charge < -0.3 is 18.1 Å². The van der Waals surface area contributed by atoms with E-state index in [0.29, 0.717) is 0 Å². The van der Waals surface area contributed by atoms with Gasteiger partial charge in [0.25, 0.3) is 0 Å². The lowest BCUT2D eigenvalue weighted by Gasteiger charge is -1.53. The maximum absolute atomic E-state index is 4.85. The normalized spacial score (nSPS) is 4.50. The third-order valence-corrected chi connectivity index (χ3v) is 0. The van der Waals surface area contributed by atoms with Crippen LogP contribution in [0.4, 0.5) is 0 Å². The highest BCUT2D eigenvalue weighted by Gasteiger charge is 1.32. The van der Waals surface area contributed by atoms with E-state index in [9.17, 15) is 0 Å². The maximum atomic E-state index is 4.85. The molecular formula is C2H8ClN. The Kier molecular flexibility index (Phi) is 23.3. The predicted molar refractivity (Wildman–Crippen MR) is 15.8 cm³/mol. The molecule has 0 saturated heterocycles. The van der Waals surface area contributed by atoms with Gasteiger partial charge in [0.05, 0.1) is 0 Å². The van der Waals surface area contributed by atoms with Crippen molar-refractivity contribution in [3.05, 3.63) is 0 Å². The zero-order valence-corrected chi connectivity index (χ0v) is 3.42. The summed E-state index contributed by atoms with van der Waals surface area (Å²) in [6.45, 7) is 2.65. The summed E-state index contributed by atoms with van der Waals surface area (Å²) in [5.41, 5.74) is 4.85. The molecule has 0 aromatic heterocycles. The summed E-state index contributed by atoms with van der Waals surface area (Å²) >= 11 is 0. The average molecular weight is 81.5 g/mol. The molecule has 0 aliphatic heterocycles. The van der Waals surface area contributed by atoms with E-state index in [1.54, 1.807) is 0 Å². The van der Waals surface area contributed by atoms with E-state index < -0.39 is 0 Å². The standard InChI is InChI=1S/C2H7N.ClH/c1-2-3;/h2-3H2,1H3;1H. The predicted octanol–water partition coefficient (Wildman–Crippen LogP) is -2.92. The van der Waals surface area contributed by atoms with Crippen molar-refractivity contribution in [1.29, 1.82) is 0 Å². The minimum atomic E-state index is 0. The molecule has 2 N–H and O–H groups in total. The van der Waals surface area contributed by atoms with Crippen molar-refractivity contribution in [2.24, 2.45) is 5.73 Å². The second kappa shape index (κ2) is 10.5. The van der Waals surface area contributed by atoms with E-state index in [1.807, 2.05) is 6.92 Å². The van der Waals surface area contributed by atoms with E-state index in [2.05, 4.69) is 0 Å². The van der Waals surface area contributed by atoms with Crippen molar-refractivity contribution < 1.29 is 13.8 Å². The topological polar surface area (TPSA) is 26.0 Å². The van der Waals surface area contributed by atoms with Crippen LogP contribution in [0.25, 0.3) is 0 Å². The van der Waals surface area contributed by atoms with Gasteiger partial charge in [-0.2, -0.15) is 0 Å². The van der Waals surface area contributed by atoms with Crippen LogP contribution in [0.5, 0.6) is 0 Å². The molecule has 0 rings (SSSR count). The van der Waals surface area contributed by atoms with Crippen LogP contribution in [0.2, 0.25) is 0 Å². The van der Waals surface area contributed by atoms with Gasteiger partial charge in [-0.25, -0.2) is 0 Å². The third-order valence-electron chi connectivity index (χ3n) is 0. The summed E-state index contributed by atoms with van der Waals surface area (Å²) in [5.74, 6) is 0. The summed E-state index contributed by atoms with van der Waals surface area (Å²) in [5, 5.41) is 0. The fourth-order valence-electron chi connectivity index (χ4n) is 0. The molecule has 0 saturated carbocycles. The fraction of sp³-hybridized carbons (Fsp3) is 1.00. The quantitative estimate of drug-likeness (QED) is 0.332. The highest BCUT2D eigenvalue weighted by atomic mass is 35.5. The Morgan fingerprint density at radius 3 is 2.00 bits per heavy atom. The van der Waals surface area contributed by atoms with Crippen molar-refractivity contribution in [2.75, 3.05) is 6.54 Å². The zero-order valence-electron chi connectivity index (χ0n) is 3.66. The maximum Gasteiger partial charge on any atom is 1.00 e. The van der Waals surface area contributed by atoms with E-state index in [-0.39, 0.29) is 13.8 Å². The molecule has 4 heavy (non-hydrogen) atoms. The van der Waals surface area contributed by atoms with Crippen molar-refractivity contribution in [1.82, 2.24) is 0 Å². The van der Waals surface area contributed by atoms with Gasteiger partial charge in [0.2, 0.25) is 0 Å². The molecule has 0 aliphatic carbocycles. The number of hydrogen-bond donors (Lipinski definition) is 1. The lowest BCUT2D eigenvalue weighted by molar-refractivity contribution is -0.000000854. The van der Waals surface area contributed by atoms with Crippen LogP contribution in [0.15, 0.2) is 0 Å². The van der Waals surface area contributed by atoms with Gasteiger partial charge in [-0.3, -0.25) is 0 Å². The Bertz CT molecular complexity index is 9.61. The first-order valence-electron chi connectivity index (χ1n) is 1.12. The van der Waals surface area contributed by atoms with Crippen LogP contribution in [-0.2, 0) is 0 Å². The second-order valence-corrected chi connectivity index (χ2v) is 0.408. The van der Waals surface area contributed by atoms with Gasteiger partial charge in [0.1, 0.15) is 0 Å². The Balaban J connectivity index is -0.0000000200. The summed E-state index contributed by atoms with van der Waals surface area (Å²) in [6, 6.07) is 0. The zero-order chi connectivity index (χ0) is 2.71. The Morgan fingerprint density at radius 2 is 2.00 bits per heavy atom. The van der Waals surface area contributed by atoms with Crippen LogP contribution >= 0.6 is 0 Å². The van der Waals surface area contributed by atoms with Crippen LogP contribution in [0.3, 0.4) is 0 Å². The third kappa shape index (κ3) is 56.3. The van der Waals surface area contributed by atoms with E-state index in [0.717, 1.165) is 6.54 Å². The lowest BCUT2D eigenvalue weighted by atomic mass is 10.8. The minimum Gasteiger partial charge on any atom is -1.00 e. The monoisotopic (exact) mass is 81.0 g/mol. The average Bonchev–Trinajstić information content (AvgIpc) is 0.918. The molecule has 28 valence electrons. The number of halogens is 1. The summed E-state index contributed by atoms with van der Waals surface area (Å²) < 4.78 is 0. The first kappa shape index (κ1) is 8.87. The van der Waals surface area contributed by atoms with E-state index in [4.69, 9.17) is 5.73 Å². The fourth-order valence-corrected chi connectivity index (χ4v) is 0. The number of nitrogens with two attached hydrogens (primary N) is 1. The van der Waals surface area contributed by atoms with Crippen LogP contribution in [0, 0.1) is 0 Å². The highest BCUT2D eigenvalue weighted by Crippen LogP contribution is 1.20. The molecule has 2 heteroatoms. The molecule has 0 amide bonds. The number of hydrogen-bond acceptors (Lipinski definition) is 1. The summed E-state index contributed by atoms with van der Waals surface area (Å²) in [6.07, 6.45) is 0. The lowest BCUT2D eigenvalue weighted by Crippen LogP contribution is -3.00. The smallest absolute Gasteiger partial charge is 1.00 e. The summed E-state index contributed by atoms with van der Waals surface area (Å²) in [4.78, 5) is 0. The Hall–Kier alpha value is 0.250. The molecule has 0 fully saturated rings. The molecule has 0 atom stereocenters. The van der Waals surface area contributed by atoms with Gasteiger partial charge in [-0.15, -0.1) is 0 Å². The molecular weight excluding hydrogens is 73.5 g/mol. The van der Waals surface area contributed by atoms with Crippen molar-refractivity contribution in [2.45, 2.75) is 6.92 Å². The SMILES string of the molecule is CCN.[Cl-].[H+]. The largest absolute Gasteiger partial charge is 1.00 e. The molecule has 0 aliphatic rings. The molecule has 0 unspecified atom stereocenters. The highest BCUT2D eigenvalue weighted by molar-refractivity contribution is 4.00. The summed E-state index contributed by atoms with van der Waals surface area (Å²) in [7, 11) is 0. The van der Waals surface area contributed by atoms with Crippen molar-refractivity contribution in [3.8, 4) is 0 Å². The molecule has 0 aromatic rings. The Labute approximate surface area is 34.1 Å². The first-order chi connectivity index (χ1) is 1.41. The van der Waals surface area contributed by atoms with Crippen LogP contribution in [0.1, 0.15) is 8.35 Å². The van der Waals surface area contributed by atoms with Gasteiger partial charge in [-0.1, -0.05) is 6.92 Å². The van der Waals surface area contributed by atoms with Gasteiger partial charge >= 0.3 is 1.43 Å². The van der Waals surface area contributed by atoms with Crippen molar-refractivity contribution >= 4 is 0 Å². The second-order valence-electron chi connectivity index (χ2n) is 0.408.